The first-order valence-electron chi connectivity index (χ1n) is 6.91. The van der Waals surface area contributed by atoms with E-state index in [1.54, 1.807) is 13.0 Å². The Morgan fingerprint density at radius 3 is 2.09 bits per heavy atom. The Bertz CT molecular complexity index is 589. The zero-order chi connectivity index (χ0) is 16.8. The predicted molar refractivity (Wildman–Crippen MR) is 78.3 cm³/mol. The second-order valence-electron chi connectivity index (χ2n) is 4.39. The van der Waals surface area contributed by atoms with Crippen LogP contribution in [0.15, 0.2) is 42.5 Å². The van der Waals surface area contributed by atoms with Crippen molar-refractivity contribution in [2.75, 3.05) is 0 Å². The molecule has 1 nitrogen and oxygen atoms in total. The van der Waals surface area contributed by atoms with Crippen LogP contribution in [0.1, 0.15) is 30.5 Å². The maximum absolute atomic E-state index is 13.1. The molecule has 22 heavy (non-hydrogen) atoms. The molecule has 2 aromatic rings. The third kappa shape index (κ3) is 5.06. The molecule has 0 unspecified atom stereocenters. The molecule has 0 aliphatic heterocycles. The number of rotatable bonds is 3. The summed E-state index contributed by atoms with van der Waals surface area (Å²) in [5.41, 5.74) is 0.642. The number of ether oxygens (including phenoxy) is 1. The summed E-state index contributed by atoms with van der Waals surface area (Å²) in [5, 5.41) is 0. The second kappa shape index (κ2) is 7.82. The van der Waals surface area contributed by atoms with Gasteiger partial charge in [0.25, 0.3) is 0 Å². The normalized spacial score (nSPS) is 10.7. The molecule has 0 radical (unpaired) electrons. The third-order valence-corrected chi connectivity index (χ3v) is 2.83. The minimum absolute atomic E-state index is 0.0857. The fraction of sp³-hybridized carbons (Fsp3) is 0.294. The van der Waals surface area contributed by atoms with Crippen molar-refractivity contribution < 1.29 is 22.3 Å². The van der Waals surface area contributed by atoms with E-state index in [0.717, 1.165) is 17.7 Å². The molecule has 0 fully saturated rings. The third-order valence-electron chi connectivity index (χ3n) is 2.83. The molecule has 0 saturated carbocycles. The van der Waals surface area contributed by atoms with Crippen LogP contribution in [0.4, 0.5) is 17.6 Å². The van der Waals surface area contributed by atoms with Gasteiger partial charge in [-0.2, -0.15) is 13.2 Å². The molecule has 0 N–H and O–H groups in total. The average molecular weight is 314 g/mol. The molecular weight excluding hydrogens is 296 g/mol. The van der Waals surface area contributed by atoms with Crippen molar-refractivity contribution in [3.63, 3.8) is 0 Å². The number of halogens is 4. The van der Waals surface area contributed by atoms with Crippen LogP contribution < -0.4 is 4.74 Å². The van der Waals surface area contributed by atoms with Crippen molar-refractivity contribution in [3.05, 3.63) is 65.0 Å². The summed E-state index contributed by atoms with van der Waals surface area (Å²) in [6.45, 7) is 5.85. The average Bonchev–Trinajstić information content (AvgIpc) is 2.50. The van der Waals surface area contributed by atoms with Crippen LogP contribution in [-0.2, 0) is 12.8 Å². The zero-order valence-electron chi connectivity index (χ0n) is 12.7. The number of hydrogen-bond donors (Lipinski definition) is 0. The SMILES string of the molecule is CC.Cc1ccc(F)cc1OCc1ccc(C(F)(F)F)cc1. The summed E-state index contributed by atoms with van der Waals surface area (Å²) < 4.78 is 55.6. The highest BCUT2D eigenvalue weighted by Crippen LogP contribution is 2.29. The van der Waals surface area contributed by atoms with Crippen LogP contribution >= 0.6 is 0 Å². The highest BCUT2D eigenvalue weighted by Gasteiger charge is 2.29. The highest BCUT2D eigenvalue weighted by atomic mass is 19.4. The number of benzene rings is 2. The molecule has 2 aromatic carbocycles. The van der Waals surface area contributed by atoms with Gasteiger partial charge in [-0.1, -0.05) is 32.0 Å². The van der Waals surface area contributed by atoms with Crippen LogP contribution in [0.25, 0.3) is 0 Å². The van der Waals surface area contributed by atoms with Crippen molar-refractivity contribution in [1.29, 1.82) is 0 Å². The molecule has 0 atom stereocenters. The minimum Gasteiger partial charge on any atom is -0.489 e. The molecule has 0 amide bonds. The van der Waals surface area contributed by atoms with Crippen molar-refractivity contribution in [1.82, 2.24) is 0 Å². The number of alkyl halides is 3. The van der Waals surface area contributed by atoms with E-state index in [2.05, 4.69) is 0 Å². The number of hydrogen-bond acceptors (Lipinski definition) is 1. The first-order chi connectivity index (χ1) is 10.4. The molecule has 0 heterocycles. The topological polar surface area (TPSA) is 9.23 Å². The van der Waals surface area contributed by atoms with Crippen LogP contribution in [0, 0.1) is 12.7 Å². The van der Waals surface area contributed by atoms with E-state index in [9.17, 15) is 17.6 Å². The lowest BCUT2D eigenvalue weighted by Gasteiger charge is -2.10. The minimum atomic E-state index is -4.35. The van der Waals surface area contributed by atoms with Crippen LogP contribution in [0.2, 0.25) is 0 Å². The van der Waals surface area contributed by atoms with Gasteiger partial charge in [0.15, 0.2) is 0 Å². The molecular formula is C17H18F4O. The van der Waals surface area contributed by atoms with Gasteiger partial charge in [0.2, 0.25) is 0 Å². The van der Waals surface area contributed by atoms with Gasteiger partial charge >= 0.3 is 6.18 Å². The van der Waals surface area contributed by atoms with Gasteiger partial charge in [0.05, 0.1) is 5.56 Å². The van der Waals surface area contributed by atoms with E-state index in [-0.39, 0.29) is 6.61 Å². The predicted octanol–water partition coefficient (Wildman–Crippen LogP) is 5.76. The Hall–Kier alpha value is -2.04. The van der Waals surface area contributed by atoms with Crippen molar-refractivity contribution in [2.24, 2.45) is 0 Å². The maximum atomic E-state index is 13.1. The first kappa shape index (κ1) is 18.0. The lowest BCUT2D eigenvalue weighted by molar-refractivity contribution is -0.137. The van der Waals surface area contributed by atoms with Crippen molar-refractivity contribution >= 4 is 0 Å². The van der Waals surface area contributed by atoms with E-state index in [1.807, 2.05) is 13.8 Å². The molecule has 5 heteroatoms. The Morgan fingerprint density at radius 2 is 1.55 bits per heavy atom. The highest BCUT2D eigenvalue weighted by molar-refractivity contribution is 5.33. The molecule has 120 valence electrons. The molecule has 2 rings (SSSR count). The quantitative estimate of drug-likeness (QED) is 0.655. The molecule has 0 spiro atoms. The van der Waals surface area contributed by atoms with E-state index >= 15 is 0 Å². The molecule has 0 aliphatic carbocycles. The van der Waals surface area contributed by atoms with Gasteiger partial charge in [-0.05, 0) is 36.2 Å². The molecule has 0 aliphatic rings. The fourth-order valence-electron chi connectivity index (χ4n) is 1.68. The van der Waals surface area contributed by atoms with Crippen molar-refractivity contribution in [2.45, 2.75) is 33.6 Å². The van der Waals surface area contributed by atoms with Gasteiger partial charge in [0, 0.05) is 6.07 Å². The summed E-state index contributed by atoms with van der Waals surface area (Å²) in [6.07, 6.45) is -4.35. The second-order valence-corrected chi connectivity index (χ2v) is 4.39. The van der Waals surface area contributed by atoms with Crippen LogP contribution in [-0.4, -0.2) is 0 Å². The lowest BCUT2D eigenvalue weighted by atomic mass is 10.1. The summed E-state index contributed by atoms with van der Waals surface area (Å²) in [7, 11) is 0. The molecule has 0 bridgehead atoms. The monoisotopic (exact) mass is 314 g/mol. The van der Waals surface area contributed by atoms with Crippen LogP contribution in [0.3, 0.4) is 0 Å². The van der Waals surface area contributed by atoms with E-state index in [1.165, 1.54) is 24.3 Å². The maximum Gasteiger partial charge on any atom is 0.416 e. The first-order valence-corrected chi connectivity index (χ1v) is 6.91. The zero-order valence-corrected chi connectivity index (χ0v) is 12.7. The van der Waals surface area contributed by atoms with Gasteiger partial charge in [-0.15, -0.1) is 0 Å². The Morgan fingerprint density at radius 1 is 0.955 bits per heavy atom. The van der Waals surface area contributed by atoms with E-state index in [0.29, 0.717) is 11.3 Å². The van der Waals surface area contributed by atoms with Crippen molar-refractivity contribution in [3.8, 4) is 5.75 Å². The summed E-state index contributed by atoms with van der Waals surface area (Å²) >= 11 is 0. The summed E-state index contributed by atoms with van der Waals surface area (Å²) in [6, 6.07) is 8.83. The van der Waals surface area contributed by atoms with Gasteiger partial charge < -0.3 is 4.74 Å². The van der Waals surface area contributed by atoms with E-state index in [4.69, 9.17) is 4.74 Å². The lowest BCUT2D eigenvalue weighted by Crippen LogP contribution is -2.05. The van der Waals surface area contributed by atoms with Gasteiger partial charge in [-0.25, -0.2) is 4.39 Å². The van der Waals surface area contributed by atoms with Gasteiger partial charge in [0.1, 0.15) is 18.2 Å². The molecule has 0 saturated heterocycles. The molecule has 0 aromatic heterocycles. The number of aryl methyl sites for hydroxylation is 1. The smallest absolute Gasteiger partial charge is 0.416 e. The van der Waals surface area contributed by atoms with Gasteiger partial charge in [-0.3, -0.25) is 0 Å². The largest absolute Gasteiger partial charge is 0.489 e. The Balaban J connectivity index is 0.00000116. The summed E-state index contributed by atoms with van der Waals surface area (Å²) in [4.78, 5) is 0. The fourth-order valence-corrected chi connectivity index (χ4v) is 1.68. The van der Waals surface area contributed by atoms with E-state index < -0.39 is 17.6 Å². The summed E-state index contributed by atoms with van der Waals surface area (Å²) in [5.74, 6) is -0.0390. The van der Waals surface area contributed by atoms with Crippen LogP contribution in [0.5, 0.6) is 5.75 Å². The standard InChI is InChI=1S/C15H12F4O.C2H6/c1-10-2-7-13(16)8-14(10)20-9-11-3-5-12(6-4-11)15(17,18)19;1-2/h2-8H,9H2,1H3;1-2H3. The Labute approximate surface area is 127 Å². The Kier molecular flexibility index (Phi) is 6.40.